The summed E-state index contributed by atoms with van der Waals surface area (Å²) in [6, 6.07) is 1.02. The highest BCUT2D eigenvalue weighted by Crippen LogP contribution is 2.36. The number of hydrogen-bond acceptors (Lipinski definition) is 6. The van der Waals surface area contributed by atoms with Crippen molar-refractivity contribution in [2.24, 2.45) is 0 Å². The molecule has 0 amide bonds. The molecule has 112 valence electrons. The second-order valence-electron chi connectivity index (χ2n) is 5.30. The maximum absolute atomic E-state index is 12.3. The van der Waals surface area contributed by atoms with E-state index in [4.69, 9.17) is 5.73 Å². The predicted molar refractivity (Wildman–Crippen MR) is 77.2 cm³/mol. The summed E-state index contributed by atoms with van der Waals surface area (Å²) in [5.41, 5.74) is 4.65. The number of nitrogens with one attached hydrogen (secondary N) is 1. The van der Waals surface area contributed by atoms with E-state index >= 15 is 0 Å². The summed E-state index contributed by atoms with van der Waals surface area (Å²) in [5, 5.41) is 10.6. The summed E-state index contributed by atoms with van der Waals surface area (Å²) < 4.78 is 27.2. The Morgan fingerprint density at radius 3 is 2.50 bits per heavy atom. The lowest BCUT2D eigenvalue weighted by Gasteiger charge is -2.33. The van der Waals surface area contributed by atoms with Crippen molar-refractivity contribution in [2.75, 3.05) is 5.73 Å². The highest BCUT2D eigenvalue weighted by atomic mass is 32.2. The number of anilines is 1. The van der Waals surface area contributed by atoms with Crippen LogP contribution in [0.1, 0.15) is 39.0 Å². The summed E-state index contributed by atoms with van der Waals surface area (Å²) in [6.45, 7) is 1.87. The van der Waals surface area contributed by atoms with Crippen molar-refractivity contribution in [3.63, 3.8) is 0 Å². The minimum atomic E-state index is -3.77. The SMILES string of the molecule is CC1(NS(=O)(=O)c2cc([N+](=O)[O-])c(N)s2)CCCCC1. The minimum absolute atomic E-state index is 0.0934. The average Bonchev–Trinajstić information content (AvgIpc) is 2.72. The second-order valence-corrected chi connectivity index (χ2v) is 8.29. The maximum Gasteiger partial charge on any atom is 0.304 e. The fourth-order valence-electron chi connectivity index (χ4n) is 2.46. The lowest BCUT2D eigenvalue weighted by molar-refractivity contribution is -0.383. The van der Waals surface area contributed by atoms with Gasteiger partial charge in [0.25, 0.3) is 10.0 Å². The van der Waals surface area contributed by atoms with Crippen molar-refractivity contribution in [3.05, 3.63) is 16.2 Å². The molecule has 0 aromatic carbocycles. The van der Waals surface area contributed by atoms with Crippen molar-refractivity contribution >= 4 is 32.0 Å². The number of rotatable bonds is 4. The van der Waals surface area contributed by atoms with E-state index in [2.05, 4.69) is 4.72 Å². The molecule has 0 saturated heterocycles. The molecule has 1 heterocycles. The molecular formula is C11H17N3O4S2. The largest absolute Gasteiger partial charge is 0.385 e. The van der Waals surface area contributed by atoms with E-state index in [0.29, 0.717) is 0 Å². The van der Waals surface area contributed by atoms with Crippen LogP contribution in [-0.4, -0.2) is 18.9 Å². The van der Waals surface area contributed by atoms with E-state index in [1.807, 2.05) is 6.92 Å². The number of nitrogens with two attached hydrogens (primary N) is 1. The van der Waals surface area contributed by atoms with Crippen LogP contribution in [0.4, 0.5) is 10.7 Å². The van der Waals surface area contributed by atoms with Crippen LogP contribution in [0.3, 0.4) is 0 Å². The van der Waals surface area contributed by atoms with Gasteiger partial charge in [-0.3, -0.25) is 10.1 Å². The molecule has 7 nitrogen and oxygen atoms in total. The fraction of sp³-hybridized carbons (Fsp3) is 0.636. The zero-order valence-electron chi connectivity index (χ0n) is 11.1. The molecule has 0 unspecified atom stereocenters. The smallest absolute Gasteiger partial charge is 0.304 e. The van der Waals surface area contributed by atoms with Gasteiger partial charge in [0.05, 0.1) is 4.92 Å². The predicted octanol–water partition coefficient (Wildman–Crippen LogP) is 2.24. The van der Waals surface area contributed by atoms with Gasteiger partial charge in [0.2, 0.25) is 0 Å². The van der Waals surface area contributed by atoms with Gasteiger partial charge < -0.3 is 5.73 Å². The van der Waals surface area contributed by atoms with Crippen LogP contribution in [-0.2, 0) is 10.0 Å². The maximum atomic E-state index is 12.3. The van der Waals surface area contributed by atoms with E-state index in [-0.39, 0.29) is 14.9 Å². The Kier molecular flexibility index (Phi) is 4.03. The van der Waals surface area contributed by atoms with Gasteiger partial charge in [-0.05, 0) is 19.8 Å². The molecule has 3 N–H and O–H groups in total. The van der Waals surface area contributed by atoms with E-state index in [9.17, 15) is 18.5 Å². The average molecular weight is 319 g/mol. The Morgan fingerprint density at radius 2 is 2.00 bits per heavy atom. The topological polar surface area (TPSA) is 115 Å². The van der Waals surface area contributed by atoms with Gasteiger partial charge in [0, 0.05) is 11.6 Å². The van der Waals surface area contributed by atoms with Crippen molar-refractivity contribution in [3.8, 4) is 0 Å². The van der Waals surface area contributed by atoms with Gasteiger partial charge in [-0.1, -0.05) is 30.6 Å². The zero-order valence-corrected chi connectivity index (χ0v) is 12.7. The first-order valence-corrected chi connectivity index (χ1v) is 8.61. The highest BCUT2D eigenvalue weighted by Gasteiger charge is 2.34. The first-order valence-electron chi connectivity index (χ1n) is 6.31. The first-order chi connectivity index (χ1) is 9.23. The zero-order chi connectivity index (χ0) is 15.0. The number of nitro groups is 1. The van der Waals surface area contributed by atoms with Crippen molar-refractivity contribution in [2.45, 2.75) is 48.8 Å². The molecule has 1 aromatic heterocycles. The number of nitrogen functional groups attached to an aromatic ring is 1. The standard InChI is InChI=1S/C11H17N3O4S2/c1-11(5-3-2-4-6-11)13-20(17,18)9-7-8(14(15)16)10(12)19-9/h7,13H,2-6,12H2,1H3. The third-order valence-corrected chi connectivity index (χ3v) is 6.58. The van der Waals surface area contributed by atoms with E-state index in [1.54, 1.807) is 0 Å². The molecule has 0 atom stereocenters. The van der Waals surface area contributed by atoms with Gasteiger partial charge in [-0.2, -0.15) is 0 Å². The molecule has 0 aliphatic heterocycles. The highest BCUT2D eigenvalue weighted by molar-refractivity contribution is 7.91. The number of thiophene rings is 1. The molecule has 1 aliphatic rings. The molecule has 9 heteroatoms. The van der Waals surface area contributed by atoms with Gasteiger partial charge in [-0.15, -0.1) is 0 Å². The normalized spacial score (nSPS) is 18.9. The van der Waals surface area contributed by atoms with E-state index in [0.717, 1.165) is 49.5 Å². The lowest BCUT2D eigenvalue weighted by atomic mass is 9.84. The molecular weight excluding hydrogens is 302 g/mol. The van der Waals surface area contributed by atoms with Crippen LogP contribution < -0.4 is 10.5 Å². The third kappa shape index (κ3) is 3.10. The quantitative estimate of drug-likeness (QED) is 0.652. The van der Waals surface area contributed by atoms with Crippen LogP contribution in [0.5, 0.6) is 0 Å². The Labute approximate surface area is 121 Å². The molecule has 0 radical (unpaired) electrons. The second kappa shape index (κ2) is 5.30. The molecule has 0 spiro atoms. The minimum Gasteiger partial charge on any atom is -0.385 e. The van der Waals surface area contributed by atoms with Gasteiger partial charge in [-0.25, -0.2) is 13.1 Å². The van der Waals surface area contributed by atoms with Crippen molar-refractivity contribution < 1.29 is 13.3 Å². The Balaban J connectivity index is 2.26. The number of nitrogens with zero attached hydrogens (tertiary/aromatic N) is 1. The van der Waals surface area contributed by atoms with Gasteiger partial charge >= 0.3 is 5.69 Å². The first kappa shape index (κ1) is 15.2. The van der Waals surface area contributed by atoms with Gasteiger partial charge in [0.1, 0.15) is 4.21 Å². The van der Waals surface area contributed by atoms with Crippen molar-refractivity contribution in [1.29, 1.82) is 0 Å². The van der Waals surface area contributed by atoms with Gasteiger partial charge in [0.15, 0.2) is 5.00 Å². The Bertz CT molecular complexity index is 618. The van der Waals surface area contributed by atoms with Crippen LogP contribution >= 0.6 is 11.3 Å². The Hall–Kier alpha value is -1.19. The number of sulfonamides is 1. The Morgan fingerprint density at radius 1 is 1.40 bits per heavy atom. The molecule has 1 saturated carbocycles. The van der Waals surface area contributed by atoms with Crippen LogP contribution in [0.15, 0.2) is 10.3 Å². The molecule has 20 heavy (non-hydrogen) atoms. The third-order valence-electron chi connectivity index (χ3n) is 3.52. The molecule has 1 aliphatic carbocycles. The van der Waals surface area contributed by atoms with Crippen LogP contribution in [0.25, 0.3) is 0 Å². The summed E-state index contributed by atoms with van der Waals surface area (Å²) >= 11 is 0.723. The molecule has 1 fully saturated rings. The summed E-state index contributed by atoms with van der Waals surface area (Å²) in [5.74, 6) is 0. The monoisotopic (exact) mass is 319 g/mol. The van der Waals surface area contributed by atoms with Crippen LogP contribution in [0.2, 0.25) is 0 Å². The van der Waals surface area contributed by atoms with Crippen LogP contribution in [0, 0.1) is 10.1 Å². The van der Waals surface area contributed by atoms with Crippen molar-refractivity contribution in [1.82, 2.24) is 4.72 Å². The number of hydrogen-bond donors (Lipinski definition) is 2. The summed E-state index contributed by atoms with van der Waals surface area (Å²) in [6.07, 6.45) is 4.61. The summed E-state index contributed by atoms with van der Waals surface area (Å²) in [4.78, 5) is 10.1. The molecule has 2 rings (SSSR count). The fourth-order valence-corrected chi connectivity index (χ4v) is 5.14. The van der Waals surface area contributed by atoms with E-state index < -0.39 is 20.5 Å². The summed E-state index contributed by atoms with van der Waals surface area (Å²) in [7, 11) is -3.77. The molecule has 0 bridgehead atoms. The lowest BCUT2D eigenvalue weighted by Crippen LogP contribution is -2.46. The van der Waals surface area contributed by atoms with E-state index in [1.165, 1.54) is 0 Å². The molecule has 1 aromatic rings.